The number of hydrogen-bond acceptors (Lipinski definition) is 4. The van der Waals surface area contributed by atoms with Crippen molar-refractivity contribution >= 4 is 28.4 Å². The van der Waals surface area contributed by atoms with Crippen molar-refractivity contribution in [3.8, 4) is 0 Å². The number of nitrogens with two attached hydrogens (primary N) is 1. The fourth-order valence-electron chi connectivity index (χ4n) is 1.41. The van der Waals surface area contributed by atoms with E-state index in [-0.39, 0.29) is 5.41 Å². The molecule has 0 saturated carbocycles. The first-order chi connectivity index (χ1) is 6.91. The average molecular weight is 226 g/mol. The lowest BCUT2D eigenvalue weighted by atomic mass is 9.90. The molecule has 0 spiro atoms. The van der Waals surface area contributed by atoms with Crippen molar-refractivity contribution < 1.29 is 4.52 Å². The highest BCUT2D eigenvalue weighted by molar-refractivity contribution is 6.37. The Morgan fingerprint density at radius 2 is 2.07 bits per heavy atom. The van der Waals surface area contributed by atoms with E-state index in [1.54, 1.807) is 0 Å². The molecule has 2 aromatic heterocycles. The van der Waals surface area contributed by atoms with E-state index in [1.165, 1.54) is 6.20 Å². The lowest BCUT2D eigenvalue weighted by Gasteiger charge is -2.14. The molecule has 0 fully saturated rings. The van der Waals surface area contributed by atoms with E-state index >= 15 is 0 Å². The van der Waals surface area contributed by atoms with Crippen LogP contribution in [0.2, 0.25) is 5.02 Å². The maximum atomic E-state index is 6.11. The van der Waals surface area contributed by atoms with Crippen LogP contribution in [0.3, 0.4) is 0 Å². The Morgan fingerprint density at radius 1 is 1.40 bits per heavy atom. The number of rotatable bonds is 0. The molecule has 2 rings (SSSR count). The third kappa shape index (κ3) is 1.55. The Bertz CT molecular complexity index is 513. The largest absolute Gasteiger partial charge is 0.396 e. The van der Waals surface area contributed by atoms with Crippen LogP contribution in [0.5, 0.6) is 0 Å². The zero-order valence-corrected chi connectivity index (χ0v) is 9.59. The highest BCUT2D eigenvalue weighted by Crippen LogP contribution is 2.35. The van der Waals surface area contributed by atoms with E-state index < -0.39 is 0 Å². The molecule has 0 aliphatic carbocycles. The van der Waals surface area contributed by atoms with E-state index in [1.807, 2.05) is 20.8 Å². The second kappa shape index (κ2) is 3.10. The first-order valence-corrected chi connectivity index (χ1v) is 4.99. The zero-order valence-electron chi connectivity index (χ0n) is 8.84. The van der Waals surface area contributed by atoms with Gasteiger partial charge >= 0.3 is 0 Å². The van der Waals surface area contributed by atoms with Gasteiger partial charge in [-0.3, -0.25) is 0 Å². The third-order valence-corrected chi connectivity index (χ3v) is 2.59. The van der Waals surface area contributed by atoms with Gasteiger partial charge in [-0.1, -0.05) is 37.5 Å². The van der Waals surface area contributed by atoms with Crippen LogP contribution in [0.4, 0.5) is 5.69 Å². The fraction of sp³-hybridized carbons (Fsp3) is 0.400. The van der Waals surface area contributed by atoms with Crippen molar-refractivity contribution in [1.29, 1.82) is 0 Å². The highest BCUT2D eigenvalue weighted by Gasteiger charge is 2.25. The van der Waals surface area contributed by atoms with Gasteiger partial charge in [-0.05, 0) is 0 Å². The van der Waals surface area contributed by atoms with Crippen molar-refractivity contribution in [2.75, 3.05) is 5.73 Å². The average Bonchev–Trinajstić information content (AvgIpc) is 2.54. The minimum absolute atomic E-state index is 0.148. The van der Waals surface area contributed by atoms with Crippen LogP contribution in [-0.4, -0.2) is 10.1 Å². The number of pyridine rings is 1. The molecule has 0 bridgehead atoms. The molecule has 2 aromatic rings. The topological polar surface area (TPSA) is 64.9 Å². The molecule has 0 atom stereocenters. The van der Waals surface area contributed by atoms with Gasteiger partial charge in [-0.2, -0.15) is 0 Å². The van der Waals surface area contributed by atoms with Crippen molar-refractivity contribution in [3.63, 3.8) is 0 Å². The van der Waals surface area contributed by atoms with Gasteiger partial charge in [0.05, 0.1) is 22.3 Å². The lowest BCUT2D eigenvalue weighted by Crippen LogP contribution is -2.12. The first kappa shape index (κ1) is 10.2. The summed E-state index contributed by atoms with van der Waals surface area (Å²) in [5.74, 6) is 0. The molecule has 2 heterocycles. The SMILES string of the molecule is CC(C)(C)c1noc2ncc(N)c(Cl)c12. The van der Waals surface area contributed by atoms with Crippen molar-refractivity contribution in [2.45, 2.75) is 26.2 Å². The second-order valence-corrected chi connectivity index (χ2v) is 4.87. The van der Waals surface area contributed by atoms with Gasteiger partial charge < -0.3 is 10.3 Å². The quantitative estimate of drug-likeness (QED) is 0.749. The van der Waals surface area contributed by atoms with Crippen LogP contribution in [-0.2, 0) is 5.41 Å². The van der Waals surface area contributed by atoms with Gasteiger partial charge in [0.15, 0.2) is 0 Å². The Hall–Kier alpha value is -1.29. The number of nitrogen functional groups attached to an aromatic ring is 1. The highest BCUT2D eigenvalue weighted by atomic mass is 35.5. The maximum Gasteiger partial charge on any atom is 0.259 e. The zero-order chi connectivity index (χ0) is 11.2. The predicted octanol–water partition coefficient (Wildman–Crippen LogP) is 2.76. The van der Waals surface area contributed by atoms with Gasteiger partial charge in [0, 0.05) is 5.41 Å². The first-order valence-electron chi connectivity index (χ1n) is 4.61. The molecule has 0 amide bonds. The van der Waals surface area contributed by atoms with E-state index in [0.29, 0.717) is 21.8 Å². The van der Waals surface area contributed by atoms with Crippen molar-refractivity contribution in [3.05, 3.63) is 16.9 Å². The monoisotopic (exact) mass is 225 g/mol. The molecule has 0 radical (unpaired) electrons. The summed E-state index contributed by atoms with van der Waals surface area (Å²) in [6.07, 6.45) is 1.47. The fourth-order valence-corrected chi connectivity index (χ4v) is 1.63. The summed E-state index contributed by atoms with van der Waals surface area (Å²) in [7, 11) is 0. The second-order valence-electron chi connectivity index (χ2n) is 4.49. The van der Waals surface area contributed by atoms with E-state index in [0.717, 1.165) is 5.69 Å². The van der Waals surface area contributed by atoms with Gasteiger partial charge in [-0.15, -0.1) is 0 Å². The molecule has 0 saturated heterocycles. The summed E-state index contributed by atoms with van der Waals surface area (Å²) in [5, 5.41) is 5.17. The predicted molar refractivity (Wildman–Crippen MR) is 59.9 cm³/mol. The minimum Gasteiger partial charge on any atom is -0.396 e. The Kier molecular flexibility index (Phi) is 2.12. The summed E-state index contributed by atoms with van der Waals surface area (Å²) < 4.78 is 5.11. The molecule has 0 aliphatic rings. The molecule has 4 nitrogen and oxygen atoms in total. The molecule has 0 unspecified atom stereocenters. The molecule has 0 aromatic carbocycles. The standard InChI is InChI=1S/C10H12ClN3O/c1-10(2,3)8-6-7(11)5(12)4-13-9(6)15-14-8/h4H,12H2,1-3H3. The number of aromatic nitrogens is 2. The Morgan fingerprint density at radius 3 is 2.67 bits per heavy atom. The van der Waals surface area contributed by atoms with Crippen LogP contribution in [0.15, 0.2) is 10.7 Å². The van der Waals surface area contributed by atoms with E-state index in [4.69, 9.17) is 21.9 Å². The summed E-state index contributed by atoms with van der Waals surface area (Å²) in [4.78, 5) is 4.04. The van der Waals surface area contributed by atoms with Crippen molar-refractivity contribution in [2.24, 2.45) is 0 Å². The number of anilines is 1. The van der Waals surface area contributed by atoms with Crippen LogP contribution in [0.1, 0.15) is 26.5 Å². The van der Waals surface area contributed by atoms with E-state index in [2.05, 4.69) is 10.1 Å². The van der Waals surface area contributed by atoms with Gasteiger partial charge in [-0.25, -0.2) is 4.98 Å². The molecule has 0 aliphatic heterocycles. The molecular formula is C10H12ClN3O. The smallest absolute Gasteiger partial charge is 0.259 e. The van der Waals surface area contributed by atoms with Crippen LogP contribution in [0.25, 0.3) is 11.1 Å². The maximum absolute atomic E-state index is 6.11. The summed E-state index contributed by atoms with van der Waals surface area (Å²) in [6.45, 7) is 6.09. The molecular weight excluding hydrogens is 214 g/mol. The van der Waals surface area contributed by atoms with Gasteiger partial charge in [0.2, 0.25) is 0 Å². The minimum atomic E-state index is -0.148. The lowest BCUT2D eigenvalue weighted by molar-refractivity contribution is 0.414. The number of halogens is 1. The van der Waals surface area contributed by atoms with Gasteiger partial charge in [0.1, 0.15) is 5.69 Å². The number of nitrogens with zero attached hydrogens (tertiary/aromatic N) is 2. The molecule has 15 heavy (non-hydrogen) atoms. The Labute approximate surface area is 92.4 Å². The molecule has 2 N–H and O–H groups in total. The molecule has 5 heteroatoms. The summed E-state index contributed by atoms with van der Waals surface area (Å²) >= 11 is 6.11. The molecule has 80 valence electrons. The summed E-state index contributed by atoms with van der Waals surface area (Å²) in [5.41, 5.74) is 7.20. The Balaban J connectivity index is 2.84. The normalized spacial score (nSPS) is 12.3. The third-order valence-electron chi connectivity index (χ3n) is 2.18. The van der Waals surface area contributed by atoms with Gasteiger partial charge in [0.25, 0.3) is 5.71 Å². The number of fused-ring (bicyclic) bond motifs is 1. The summed E-state index contributed by atoms with van der Waals surface area (Å²) in [6, 6.07) is 0. The van der Waals surface area contributed by atoms with Crippen LogP contribution < -0.4 is 5.73 Å². The van der Waals surface area contributed by atoms with E-state index in [9.17, 15) is 0 Å². The van der Waals surface area contributed by atoms with Crippen molar-refractivity contribution in [1.82, 2.24) is 10.1 Å². The van der Waals surface area contributed by atoms with Crippen LogP contribution >= 0.6 is 11.6 Å². The van der Waals surface area contributed by atoms with Crippen LogP contribution in [0, 0.1) is 0 Å². The number of hydrogen-bond donors (Lipinski definition) is 1.